The minimum atomic E-state index is -0.897. The molecule has 1 atom stereocenters. The molecule has 0 aromatic rings. The molecule has 0 amide bonds. The Labute approximate surface area is 76.4 Å². The first-order valence-electron chi connectivity index (χ1n) is 3.61. The Morgan fingerprint density at radius 3 is 2.83 bits per heavy atom. The van der Waals surface area contributed by atoms with Crippen LogP contribution in [-0.2, 0) is 9.50 Å². The summed E-state index contributed by atoms with van der Waals surface area (Å²) >= 11 is 1.59. The number of hydrogen-bond donors (Lipinski definition) is 2. The molecule has 0 rings (SSSR count). The topological polar surface area (TPSA) is 66.4 Å². The van der Waals surface area contributed by atoms with E-state index in [1.54, 1.807) is 11.8 Å². The summed E-state index contributed by atoms with van der Waals surface area (Å²) in [5, 5.41) is 11.3. The van der Waals surface area contributed by atoms with Crippen LogP contribution in [0.3, 0.4) is 0 Å². The van der Waals surface area contributed by atoms with E-state index in [0.29, 0.717) is 13.6 Å². The Balaban J connectivity index is 3.69. The van der Waals surface area contributed by atoms with E-state index in [0.717, 1.165) is 5.75 Å². The van der Waals surface area contributed by atoms with Crippen molar-refractivity contribution in [3.63, 3.8) is 0 Å². The second-order valence-electron chi connectivity index (χ2n) is 2.25. The van der Waals surface area contributed by atoms with Crippen molar-refractivity contribution in [2.24, 2.45) is 0 Å². The van der Waals surface area contributed by atoms with Crippen LogP contribution < -0.4 is 5.32 Å². The van der Waals surface area contributed by atoms with Gasteiger partial charge in [-0.15, -0.1) is 0 Å². The van der Waals surface area contributed by atoms with Crippen LogP contribution >= 0.6 is 11.8 Å². The van der Waals surface area contributed by atoms with Crippen molar-refractivity contribution in [2.75, 3.05) is 18.5 Å². The fraction of sp³-hybridized carbons (Fsp3) is 0.833. The molecule has 0 aliphatic heterocycles. The average Bonchev–Trinajstić information content (AvgIpc) is 2.04. The zero-order valence-corrected chi connectivity index (χ0v) is 7.76. The first kappa shape index (κ1) is 11.6. The van der Waals surface area contributed by atoms with Crippen LogP contribution in [0.2, 0.25) is 0 Å². The number of thioether (sulfide) groups is 1. The van der Waals surface area contributed by atoms with Gasteiger partial charge in [-0.2, -0.15) is 0 Å². The van der Waals surface area contributed by atoms with Gasteiger partial charge in [0.25, 0.3) is 0 Å². The standard InChI is InChI=1S/C6H12BNO3S/c1-12-3-2-5(6(9)10)8-4-7-11/h5,8H,2-4H2,1H3,(H,9,10). The Morgan fingerprint density at radius 2 is 2.42 bits per heavy atom. The fourth-order valence-corrected chi connectivity index (χ4v) is 1.21. The van der Waals surface area contributed by atoms with Crippen molar-refractivity contribution in [3.05, 3.63) is 0 Å². The maximum atomic E-state index is 10.5. The van der Waals surface area contributed by atoms with E-state index in [4.69, 9.17) is 5.11 Å². The van der Waals surface area contributed by atoms with Crippen molar-refractivity contribution in [3.8, 4) is 0 Å². The first-order chi connectivity index (χ1) is 5.72. The van der Waals surface area contributed by atoms with Gasteiger partial charge in [0.05, 0.1) is 0 Å². The van der Waals surface area contributed by atoms with Crippen molar-refractivity contribution in [1.82, 2.24) is 5.32 Å². The number of carboxylic acid groups (broad SMARTS) is 1. The third-order valence-electron chi connectivity index (χ3n) is 1.36. The van der Waals surface area contributed by atoms with Gasteiger partial charge < -0.3 is 0 Å². The molecule has 0 radical (unpaired) electrons. The third-order valence-corrected chi connectivity index (χ3v) is 2.00. The zero-order valence-electron chi connectivity index (χ0n) is 6.95. The van der Waals surface area contributed by atoms with E-state index in [2.05, 4.69) is 5.32 Å². The van der Waals surface area contributed by atoms with E-state index in [9.17, 15) is 9.50 Å². The molecule has 0 saturated heterocycles. The number of aliphatic carboxylic acids is 1. The molecule has 4 nitrogen and oxygen atoms in total. The van der Waals surface area contributed by atoms with Crippen LogP contribution in [-0.4, -0.2) is 42.7 Å². The molecule has 0 fully saturated rings. The summed E-state index contributed by atoms with van der Waals surface area (Å²) in [4.78, 5) is 10.5. The Hall–Kier alpha value is -0.355. The molecule has 0 aromatic heterocycles. The molecule has 0 aliphatic rings. The van der Waals surface area contributed by atoms with Crippen LogP contribution in [0.5, 0.6) is 0 Å². The molecule has 6 heteroatoms. The van der Waals surface area contributed by atoms with Gasteiger partial charge in [-0.3, -0.25) is 0 Å². The van der Waals surface area contributed by atoms with Crippen molar-refractivity contribution >= 4 is 24.9 Å². The van der Waals surface area contributed by atoms with Gasteiger partial charge in [0, 0.05) is 0 Å². The van der Waals surface area contributed by atoms with Gasteiger partial charge >= 0.3 is 75.7 Å². The SMILES string of the molecule is CSCCC(NCB=O)C(=O)O. The number of hydrogen-bond acceptors (Lipinski definition) is 4. The molecular formula is C6H12BNO3S. The monoisotopic (exact) mass is 189 g/mol. The summed E-state index contributed by atoms with van der Waals surface area (Å²) < 4.78 is 9.95. The molecule has 0 saturated carbocycles. The summed E-state index contributed by atoms with van der Waals surface area (Å²) in [6.07, 6.45) is 2.56. The Kier molecular flexibility index (Phi) is 7.09. The summed E-state index contributed by atoms with van der Waals surface area (Å²) in [6, 6.07) is -0.595. The molecule has 68 valence electrons. The van der Waals surface area contributed by atoms with E-state index in [-0.39, 0.29) is 6.44 Å². The number of carboxylic acids is 1. The summed E-state index contributed by atoms with van der Waals surface area (Å²) in [6.45, 7) is 0. The molecule has 0 heterocycles. The molecule has 12 heavy (non-hydrogen) atoms. The van der Waals surface area contributed by atoms with E-state index < -0.39 is 12.0 Å². The first-order valence-corrected chi connectivity index (χ1v) is 5.00. The summed E-state index contributed by atoms with van der Waals surface area (Å²) in [5.41, 5.74) is 0. The van der Waals surface area contributed by atoms with Crippen LogP contribution in [0.15, 0.2) is 0 Å². The minimum absolute atomic E-state index is 0.103. The molecule has 0 aliphatic carbocycles. The molecule has 0 spiro atoms. The second kappa shape index (κ2) is 7.30. The van der Waals surface area contributed by atoms with Gasteiger partial charge in [0.15, 0.2) is 0 Å². The molecule has 0 aromatic carbocycles. The van der Waals surface area contributed by atoms with E-state index >= 15 is 0 Å². The van der Waals surface area contributed by atoms with Crippen LogP contribution in [0.4, 0.5) is 0 Å². The Bertz CT molecular complexity index is 156. The predicted molar refractivity (Wildman–Crippen MR) is 48.9 cm³/mol. The average molecular weight is 189 g/mol. The molecule has 2 N–H and O–H groups in total. The summed E-state index contributed by atoms with van der Waals surface area (Å²) in [7, 11) is 0.662. The molecule has 0 bridgehead atoms. The predicted octanol–water partition coefficient (Wildman–Crippen LogP) is -0.211. The van der Waals surface area contributed by atoms with Crippen LogP contribution in [0.25, 0.3) is 0 Å². The van der Waals surface area contributed by atoms with Crippen molar-refractivity contribution < 1.29 is 14.6 Å². The van der Waals surface area contributed by atoms with Gasteiger partial charge in [-0.1, -0.05) is 0 Å². The van der Waals surface area contributed by atoms with Crippen LogP contribution in [0.1, 0.15) is 6.42 Å². The van der Waals surface area contributed by atoms with Gasteiger partial charge in [0.2, 0.25) is 0 Å². The van der Waals surface area contributed by atoms with Gasteiger partial charge in [-0.05, 0) is 0 Å². The maximum absolute atomic E-state index is 10.5. The number of carbonyl (C=O) groups is 1. The van der Waals surface area contributed by atoms with Gasteiger partial charge in [-0.25, -0.2) is 0 Å². The Morgan fingerprint density at radius 1 is 1.75 bits per heavy atom. The fourth-order valence-electron chi connectivity index (χ4n) is 0.739. The van der Waals surface area contributed by atoms with Crippen molar-refractivity contribution in [1.29, 1.82) is 0 Å². The quantitative estimate of drug-likeness (QED) is 0.542. The second-order valence-corrected chi connectivity index (χ2v) is 3.23. The third kappa shape index (κ3) is 5.32. The normalized spacial score (nSPS) is 12.1. The molecule has 1 unspecified atom stereocenters. The van der Waals surface area contributed by atoms with E-state index in [1.165, 1.54) is 0 Å². The molecular weight excluding hydrogens is 177 g/mol. The zero-order chi connectivity index (χ0) is 9.40. The summed E-state index contributed by atoms with van der Waals surface area (Å²) in [5.74, 6) is -0.117. The van der Waals surface area contributed by atoms with Crippen molar-refractivity contribution in [2.45, 2.75) is 12.5 Å². The van der Waals surface area contributed by atoms with E-state index in [1.807, 2.05) is 6.26 Å². The van der Waals surface area contributed by atoms with Crippen LogP contribution in [0, 0.1) is 0 Å². The number of rotatable bonds is 7. The van der Waals surface area contributed by atoms with Gasteiger partial charge in [0.1, 0.15) is 0 Å². The number of nitrogens with one attached hydrogen (secondary N) is 1.